The van der Waals surface area contributed by atoms with E-state index in [0.717, 1.165) is 12.8 Å². The van der Waals surface area contributed by atoms with Crippen molar-refractivity contribution in [2.24, 2.45) is 0 Å². The molecule has 0 N–H and O–H groups in total. The van der Waals surface area contributed by atoms with E-state index in [1.165, 1.54) is 46.3 Å². The van der Waals surface area contributed by atoms with Gasteiger partial charge >= 0.3 is 5.97 Å². The molecular formula is C18H28O4. The number of carbonyl (C=O) groups excluding carboxylic acids is 1. The molecule has 0 radical (unpaired) electrons. The van der Waals surface area contributed by atoms with Gasteiger partial charge in [0.05, 0.1) is 20.8 Å². The molecule has 0 aliphatic carbocycles. The number of rotatable bonds is 11. The molecule has 0 aromatic heterocycles. The standard InChI is InChI=1S/C18H28O4/c1-4-5-6-7-8-9-10-14-22-18(19)17-15(20-2)12-11-13-16(17)21-3/h11-13H,4-10,14H2,1-3H3. The third-order valence-electron chi connectivity index (χ3n) is 3.61. The lowest BCUT2D eigenvalue weighted by Gasteiger charge is -2.12. The van der Waals surface area contributed by atoms with E-state index < -0.39 is 0 Å². The van der Waals surface area contributed by atoms with Crippen LogP contribution in [-0.2, 0) is 4.74 Å². The van der Waals surface area contributed by atoms with Gasteiger partial charge in [-0.2, -0.15) is 0 Å². The van der Waals surface area contributed by atoms with Crippen LogP contribution in [0.3, 0.4) is 0 Å². The molecule has 0 heterocycles. The highest BCUT2D eigenvalue weighted by atomic mass is 16.5. The molecule has 4 nitrogen and oxygen atoms in total. The molecule has 4 heteroatoms. The molecule has 0 unspecified atom stereocenters. The Morgan fingerprint density at radius 3 is 2.00 bits per heavy atom. The predicted octanol–water partition coefficient (Wildman–Crippen LogP) is 4.61. The normalized spacial score (nSPS) is 10.3. The van der Waals surface area contributed by atoms with E-state index in [1.54, 1.807) is 18.2 Å². The lowest BCUT2D eigenvalue weighted by atomic mass is 10.1. The highest BCUT2D eigenvalue weighted by Crippen LogP contribution is 2.28. The summed E-state index contributed by atoms with van der Waals surface area (Å²) in [7, 11) is 3.06. The topological polar surface area (TPSA) is 44.8 Å². The van der Waals surface area contributed by atoms with Crippen molar-refractivity contribution in [3.05, 3.63) is 23.8 Å². The van der Waals surface area contributed by atoms with E-state index in [4.69, 9.17) is 14.2 Å². The van der Waals surface area contributed by atoms with Crippen LogP contribution in [-0.4, -0.2) is 26.8 Å². The summed E-state index contributed by atoms with van der Waals surface area (Å²) in [4.78, 5) is 12.2. The van der Waals surface area contributed by atoms with Gasteiger partial charge in [-0.1, -0.05) is 51.5 Å². The van der Waals surface area contributed by atoms with Crippen molar-refractivity contribution in [3.8, 4) is 11.5 Å². The minimum Gasteiger partial charge on any atom is -0.496 e. The van der Waals surface area contributed by atoms with Crippen molar-refractivity contribution in [3.63, 3.8) is 0 Å². The summed E-state index contributed by atoms with van der Waals surface area (Å²) in [6.07, 6.45) is 8.34. The number of carbonyl (C=O) groups is 1. The molecule has 0 atom stereocenters. The van der Waals surface area contributed by atoms with Crippen LogP contribution in [0, 0.1) is 0 Å². The Labute approximate surface area is 133 Å². The fraction of sp³-hybridized carbons (Fsp3) is 0.611. The fourth-order valence-electron chi connectivity index (χ4n) is 2.35. The van der Waals surface area contributed by atoms with Crippen LogP contribution >= 0.6 is 0 Å². The third kappa shape index (κ3) is 5.96. The molecule has 0 fully saturated rings. The first-order chi connectivity index (χ1) is 10.7. The van der Waals surface area contributed by atoms with E-state index in [9.17, 15) is 4.79 Å². The first kappa shape index (κ1) is 18.3. The largest absolute Gasteiger partial charge is 0.496 e. The molecule has 0 spiro atoms. The Bertz CT molecular complexity index is 420. The number of unbranched alkanes of at least 4 members (excludes halogenated alkanes) is 6. The molecule has 0 bridgehead atoms. The molecule has 0 aliphatic rings. The minimum absolute atomic E-state index is 0.357. The maximum Gasteiger partial charge on any atom is 0.345 e. The Balaban J connectivity index is 2.37. The molecular weight excluding hydrogens is 280 g/mol. The second kappa shape index (κ2) is 10.9. The van der Waals surface area contributed by atoms with Crippen molar-refractivity contribution >= 4 is 5.97 Å². The van der Waals surface area contributed by atoms with Gasteiger partial charge in [0.1, 0.15) is 17.1 Å². The lowest BCUT2D eigenvalue weighted by Crippen LogP contribution is -2.10. The van der Waals surface area contributed by atoms with Crippen LogP contribution in [0.25, 0.3) is 0 Å². The Morgan fingerprint density at radius 2 is 1.45 bits per heavy atom. The maximum atomic E-state index is 12.2. The van der Waals surface area contributed by atoms with Gasteiger partial charge in [0.15, 0.2) is 0 Å². The third-order valence-corrected chi connectivity index (χ3v) is 3.61. The quantitative estimate of drug-likeness (QED) is 0.442. The van der Waals surface area contributed by atoms with Crippen molar-refractivity contribution in [2.75, 3.05) is 20.8 Å². The number of hydrogen-bond donors (Lipinski definition) is 0. The summed E-state index contributed by atoms with van der Waals surface area (Å²) in [6.45, 7) is 2.65. The molecule has 0 aliphatic heterocycles. The average molecular weight is 308 g/mol. The smallest absolute Gasteiger partial charge is 0.345 e. The molecule has 0 saturated carbocycles. The summed E-state index contributed by atoms with van der Waals surface area (Å²) in [6, 6.07) is 5.24. The zero-order chi connectivity index (χ0) is 16.2. The SMILES string of the molecule is CCCCCCCCCOC(=O)c1c(OC)cccc1OC. The summed E-state index contributed by atoms with van der Waals surface area (Å²) in [5.41, 5.74) is 0.357. The van der Waals surface area contributed by atoms with Gasteiger partial charge in [0, 0.05) is 0 Å². The van der Waals surface area contributed by atoms with Gasteiger partial charge in [-0.15, -0.1) is 0 Å². The summed E-state index contributed by atoms with van der Waals surface area (Å²) < 4.78 is 15.8. The maximum absolute atomic E-state index is 12.2. The number of esters is 1. The molecule has 1 aromatic rings. The van der Waals surface area contributed by atoms with Gasteiger partial charge in [0.25, 0.3) is 0 Å². The van der Waals surface area contributed by atoms with Crippen molar-refractivity contribution in [1.29, 1.82) is 0 Å². The zero-order valence-electron chi connectivity index (χ0n) is 14.0. The van der Waals surface area contributed by atoms with E-state index >= 15 is 0 Å². The van der Waals surface area contributed by atoms with Crippen LogP contribution in [0.5, 0.6) is 11.5 Å². The summed E-state index contributed by atoms with van der Waals surface area (Å²) >= 11 is 0. The zero-order valence-corrected chi connectivity index (χ0v) is 14.0. The van der Waals surface area contributed by atoms with E-state index in [-0.39, 0.29) is 5.97 Å². The monoisotopic (exact) mass is 308 g/mol. The Morgan fingerprint density at radius 1 is 0.909 bits per heavy atom. The average Bonchev–Trinajstić information content (AvgIpc) is 2.56. The Hall–Kier alpha value is -1.71. The number of hydrogen-bond acceptors (Lipinski definition) is 4. The van der Waals surface area contributed by atoms with Crippen molar-refractivity contribution in [2.45, 2.75) is 51.9 Å². The van der Waals surface area contributed by atoms with Crippen LogP contribution in [0.4, 0.5) is 0 Å². The number of ether oxygens (including phenoxy) is 3. The van der Waals surface area contributed by atoms with Gasteiger partial charge in [-0.3, -0.25) is 0 Å². The fourth-order valence-corrected chi connectivity index (χ4v) is 2.35. The summed E-state index contributed by atoms with van der Waals surface area (Å²) in [5.74, 6) is 0.563. The van der Waals surface area contributed by atoms with E-state index in [1.807, 2.05) is 0 Å². The number of methoxy groups -OCH3 is 2. The van der Waals surface area contributed by atoms with Gasteiger partial charge in [0.2, 0.25) is 0 Å². The molecule has 22 heavy (non-hydrogen) atoms. The molecule has 0 amide bonds. The van der Waals surface area contributed by atoms with Crippen molar-refractivity contribution in [1.82, 2.24) is 0 Å². The lowest BCUT2D eigenvalue weighted by molar-refractivity contribution is 0.0490. The second-order valence-electron chi connectivity index (χ2n) is 5.29. The second-order valence-corrected chi connectivity index (χ2v) is 5.29. The molecule has 1 aromatic carbocycles. The minimum atomic E-state index is -0.389. The highest BCUT2D eigenvalue weighted by Gasteiger charge is 2.19. The van der Waals surface area contributed by atoms with Gasteiger partial charge in [-0.05, 0) is 18.6 Å². The van der Waals surface area contributed by atoms with Gasteiger partial charge < -0.3 is 14.2 Å². The van der Waals surface area contributed by atoms with Crippen LogP contribution in [0.2, 0.25) is 0 Å². The molecule has 124 valence electrons. The Kier molecular flexibility index (Phi) is 9.12. The first-order valence-electron chi connectivity index (χ1n) is 8.12. The van der Waals surface area contributed by atoms with Gasteiger partial charge in [-0.25, -0.2) is 4.79 Å². The van der Waals surface area contributed by atoms with Crippen LogP contribution < -0.4 is 9.47 Å². The predicted molar refractivity (Wildman–Crippen MR) is 87.8 cm³/mol. The van der Waals surface area contributed by atoms with E-state index in [0.29, 0.717) is 23.7 Å². The highest BCUT2D eigenvalue weighted by molar-refractivity contribution is 5.95. The van der Waals surface area contributed by atoms with Crippen LogP contribution in [0.1, 0.15) is 62.2 Å². The number of benzene rings is 1. The first-order valence-corrected chi connectivity index (χ1v) is 8.12. The summed E-state index contributed by atoms with van der Waals surface area (Å²) in [5, 5.41) is 0. The van der Waals surface area contributed by atoms with Crippen molar-refractivity contribution < 1.29 is 19.0 Å². The molecule has 1 rings (SSSR count). The molecule has 0 saturated heterocycles. The van der Waals surface area contributed by atoms with Crippen LogP contribution in [0.15, 0.2) is 18.2 Å². The van der Waals surface area contributed by atoms with E-state index in [2.05, 4.69) is 6.92 Å².